The number of hydrogen-bond donors (Lipinski definition) is 2. The van der Waals surface area contributed by atoms with E-state index in [1.54, 1.807) is 6.07 Å². The fourth-order valence-electron chi connectivity index (χ4n) is 2.16. The minimum atomic E-state index is -1.16. The molecule has 0 spiro atoms. The molecule has 20 heavy (non-hydrogen) atoms. The molecule has 1 fully saturated rings. The summed E-state index contributed by atoms with van der Waals surface area (Å²) in [6, 6.07) is 4.90. The normalized spacial score (nSPS) is 22.4. The van der Waals surface area contributed by atoms with Crippen molar-refractivity contribution >= 4 is 18.0 Å². The van der Waals surface area contributed by atoms with E-state index in [2.05, 4.69) is 0 Å². The van der Waals surface area contributed by atoms with E-state index in [-0.39, 0.29) is 18.5 Å². The summed E-state index contributed by atoms with van der Waals surface area (Å²) < 4.78 is 13.4. The molecule has 0 saturated carbocycles. The Labute approximate surface area is 114 Å². The molecule has 1 saturated heterocycles. The number of hydrogen-bond acceptors (Lipinski definition) is 3. The quantitative estimate of drug-likeness (QED) is 0.805. The first kappa shape index (κ1) is 14.2. The Balaban J connectivity index is 2.12. The summed E-state index contributed by atoms with van der Waals surface area (Å²) in [4.78, 5) is 24.0. The van der Waals surface area contributed by atoms with Gasteiger partial charge in [0.05, 0.1) is 6.10 Å². The number of benzene rings is 1. The van der Waals surface area contributed by atoms with Crippen LogP contribution in [0.15, 0.2) is 30.3 Å². The van der Waals surface area contributed by atoms with Crippen LogP contribution in [-0.2, 0) is 9.59 Å². The Hall–Kier alpha value is -2.21. The third-order valence-electron chi connectivity index (χ3n) is 3.16. The first-order chi connectivity index (χ1) is 9.49. The van der Waals surface area contributed by atoms with Crippen LogP contribution in [0.1, 0.15) is 12.0 Å². The molecule has 1 aromatic rings. The van der Waals surface area contributed by atoms with Crippen molar-refractivity contribution < 1.29 is 24.2 Å². The summed E-state index contributed by atoms with van der Waals surface area (Å²) in [5.74, 6) is -2.18. The molecule has 0 aliphatic carbocycles. The van der Waals surface area contributed by atoms with E-state index < -0.39 is 29.8 Å². The van der Waals surface area contributed by atoms with Gasteiger partial charge in [-0.25, -0.2) is 9.18 Å². The molecule has 1 aliphatic heterocycles. The summed E-state index contributed by atoms with van der Waals surface area (Å²) >= 11 is 0. The van der Waals surface area contributed by atoms with Crippen molar-refractivity contribution in [2.45, 2.75) is 18.6 Å². The van der Waals surface area contributed by atoms with Gasteiger partial charge in [-0.1, -0.05) is 18.2 Å². The van der Waals surface area contributed by atoms with Crippen molar-refractivity contribution in [1.29, 1.82) is 0 Å². The average molecular weight is 279 g/mol. The molecule has 1 amide bonds. The molecule has 0 radical (unpaired) electrons. The maximum absolute atomic E-state index is 13.4. The van der Waals surface area contributed by atoms with Gasteiger partial charge in [-0.15, -0.1) is 0 Å². The molecular weight excluding hydrogens is 265 g/mol. The number of nitrogens with zero attached hydrogens (tertiary/aromatic N) is 1. The number of β-amino-alcohol motifs (C(OH)–C–C–N with tert-alkyl or cyclic N) is 1. The summed E-state index contributed by atoms with van der Waals surface area (Å²) in [5.41, 5.74) is 0.243. The highest BCUT2D eigenvalue weighted by Crippen LogP contribution is 2.19. The average Bonchev–Trinajstić information content (AvgIpc) is 2.80. The Bertz CT molecular complexity index is 558. The van der Waals surface area contributed by atoms with Crippen molar-refractivity contribution in [1.82, 2.24) is 4.90 Å². The summed E-state index contributed by atoms with van der Waals surface area (Å²) in [5, 5.41) is 18.4. The first-order valence-electron chi connectivity index (χ1n) is 6.13. The molecule has 6 heteroatoms. The number of rotatable bonds is 3. The molecule has 1 aromatic carbocycles. The van der Waals surface area contributed by atoms with Crippen LogP contribution in [0.25, 0.3) is 6.08 Å². The van der Waals surface area contributed by atoms with E-state index in [4.69, 9.17) is 5.11 Å². The van der Waals surface area contributed by atoms with Gasteiger partial charge in [-0.2, -0.15) is 0 Å². The predicted octanol–water partition coefficient (Wildman–Crippen LogP) is 0.885. The topological polar surface area (TPSA) is 77.8 Å². The highest BCUT2D eigenvalue weighted by Gasteiger charge is 2.37. The maximum Gasteiger partial charge on any atom is 0.326 e. The fraction of sp³-hybridized carbons (Fsp3) is 0.286. The third kappa shape index (κ3) is 3.03. The van der Waals surface area contributed by atoms with Crippen LogP contribution in [0, 0.1) is 5.82 Å². The Kier molecular flexibility index (Phi) is 4.14. The van der Waals surface area contributed by atoms with Crippen molar-refractivity contribution in [2.75, 3.05) is 6.54 Å². The largest absolute Gasteiger partial charge is 0.480 e. The lowest BCUT2D eigenvalue weighted by molar-refractivity contribution is -0.146. The summed E-state index contributed by atoms with van der Waals surface area (Å²) in [6.45, 7) is -0.0303. The number of halogens is 1. The van der Waals surface area contributed by atoms with Crippen molar-refractivity contribution in [2.24, 2.45) is 0 Å². The van der Waals surface area contributed by atoms with Crippen LogP contribution in [0.5, 0.6) is 0 Å². The zero-order valence-corrected chi connectivity index (χ0v) is 10.6. The molecule has 0 bridgehead atoms. The number of carboxylic acid groups (broad SMARTS) is 1. The minimum Gasteiger partial charge on any atom is -0.480 e. The van der Waals surface area contributed by atoms with E-state index in [0.717, 1.165) is 11.0 Å². The van der Waals surface area contributed by atoms with E-state index >= 15 is 0 Å². The van der Waals surface area contributed by atoms with E-state index in [1.165, 1.54) is 24.3 Å². The number of likely N-dealkylation sites (tertiary alicyclic amines) is 1. The Morgan fingerprint density at radius 3 is 2.70 bits per heavy atom. The van der Waals surface area contributed by atoms with Crippen molar-refractivity contribution in [3.8, 4) is 0 Å². The van der Waals surface area contributed by atoms with Gasteiger partial charge in [0.2, 0.25) is 5.91 Å². The number of amides is 1. The molecule has 2 rings (SSSR count). The lowest BCUT2D eigenvalue weighted by Crippen LogP contribution is -2.39. The molecular formula is C14H14FNO4. The second kappa shape index (κ2) is 5.83. The molecule has 1 aliphatic rings. The van der Waals surface area contributed by atoms with Crippen molar-refractivity contribution in [3.05, 3.63) is 41.7 Å². The smallest absolute Gasteiger partial charge is 0.326 e. The second-order valence-corrected chi connectivity index (χ2v) is 4.59. The van der Waals surface area contributed by atoms with E-state index in [9.17, 15) is 19.1 Å². The fourth-order valence-corrected chi connectivity index (χ4v) is 2.16. The third-order valence-corrected chi connectivity index (χ3v) is 3.16. The Morgan fingerprint density at radius 1 is 1.35 bits per heavy atom. The highest BCUT2D eigenvalue weighted by molar-refractivity contribution is 5.94. The van der Waals surface area contributed by atoms with Crippen molar-refractivity contribution in [3.63, 3.8) is 0 Å². The van der Waals surface area contributed by atoms with Crippen LogP contribution in [0.2, 0.25) is 0 Å². The SMILES string of the molecule is O=C(O)[C@@H]1C[C@H](O)CN1C(=O)C=Cc1ccccc1F. The molecule has 106 valence electrons. The van der Waals surface area contributed by atoms with Crippen LogP contribution in [0.4, 0.5) is 4.39 Å². The molecule has 5 nitrogen and oxygen atoms in total. The number of aliphatic hydroxyl groups is 1. The van der Waals surface area contributed by atoms with Gasteiger partial charge in [0, 0.05) is 24.6 Å². The summed E-state index contributed by atoms with van der Waals surface area (Å²) in [6.07, 6.45) is 1.57. The van der Waals surface area contributed by atoms with Crippen LogP contribution < -0.4 is 0 Å². The van der Waals surface area contributed by atoms with Gasteiger partial charge < -0.3 is 15.1 Å². The zero-order valence-electron chi connectivity index (χ0n) is 10.6. The number of aliphatic hydroxyl groups excluding tert-OH is 1. The van der Waals surface area contributed by atoms with Gasteiger partial charge in [-0.3, -0.25) is 4.79 Å². The van der Waals surface area contributed by atoms with Crippen LogP contribution in [-0.4, -0.2) is 45.7 Å². The first-order valence-corrected chi connectivity index (χ1v) is 6.13. The molecule has 0 unspecified atom stereocenters. The Morgan fingerprint density at radius 2 is 2.05 bits per heavy atom. The standard InChI is InChI=1S/C14H14FNO4/c15-11-4-2-1-3-9(11)5-6-13(18)16-8-10(17)7-12(16)14(19)20/h1-6,10,12,17H,7-8H2,(H,19,20)/t10-,12-/m0/s1. The zero-order chi connectivity index (χ0) is 14.7. The van der Waals surface area contributed by atoms with E-state index in [0.29, 0.717) is 0 Å². The number of carboxylic acids is 1. The highest BCUT2D eigenvalue weighted by atomic mass is 19.1. The van der Waals surface area contributed by atoms with Gasteiger partial charge in [-0.05, 0) is 12.1 Å². The summed E-state index contributed by atoms with van der Waals surface area (Å²) in [7, 11) is 0. The van der Waals surface area contributed by atoms with Gasteiger partial charge in [0.15, 0.2) is 0 Å². The molecule has 2 N–H and O–H groups in total. The number of carbonyl (C=O) groups excluding carboxylic acids is 1. The van der Waals surface area contributed by atoms with Gasteiger partial charge in [0.25, 0.3) is 0 Å². The number of carbonyl (C=O) groups is 2. The number of aliphatic carboxylic acids is 1. The van der Waals surface area contributed by atoms with Crippen LogP contribution in [0.3, 0.4) is 0 Å². The monoisotopic (exact) mass is 279 g/mol. The lowest BCUT2D eigenvalue weighted by atomic mass is 10.2. The molecule has 1 heterocycles. The molecule has 2 atom stereocenters. The lowest BCUT2D eigenvalue weighted by Gasteiger charge is -2.19. The molecule has 0 aromatic heterocycles. The minimum absolute atomic E-state index is 0.00854. The maximum atomic E-state index is 13.4. The van der Waals surface area contributed by atoms with Gasteiger partial charge >= 0.3 is 5.97 Å². The van der Waals surface area contributed by atoms with Gasteiger partial charge in [0.1, 0.15) is 11.9 Å². The predicted molar refractivity (Wildman–Crippen MR) is 69.2 cm³/mol. The second-order valence-electron chi connectivity index (χ2n) is 4.59. The van der Waals surface area contributed by atoms with Crippen LogP contribution >= 0.6 is 0 Å². The van der Waals surface area contributed by atoms with E-state index in [1.807, 2.05) is 0 Å².